The molecule has 4 nitrogen and oxygen atoms in total. The monoisotopic (exact) mass is 240 g/mol. The van der Waals surface area contributed by atoms with Crippen molar-refractivity contribution in [3.05, 3.63) is 15.6 Å². The number of hydrogen-bond acceptors (Lipinski definition) is 4. The minimum absolute atomic E-state index is 0.364. The van der Waals surface area contributed by atoms with Gasteiger partial charge in [-0.05, 0) is 19.8 Å². The van der Waals surface area contributed by atoms with Gasteiger partial charge in [-0.25, -0.2) is 9.78 Å². The fraction of sp³-hybridized carbons (Fsp3) is 0.636. The molecule has 1 heterocycles. The van der Waals surface area contributed by atoms with Crippen molar-refractivity contribution in [2.24, 2.45) is 0 Å². The first-order valence-electron chi connectivity index (χ1n) is 5.60. The second kappa shape index (κ2) is 4.93. The number of carboxylic acid groups (broad SMARTS) is 1. The first kappa shape index (κ1) is 11.5. The molecule has 2 N–H and O–H groups in total. The van der Waals surface area contributed by atoms with Crippen molar-refractivity contribution in [3.63, 3.8) is 0 Å². The third-order valence-corrected chi connectivity index (χ3v) is 4.08. The summed E-state index contributed by atoms with van der Waals surface area (Å²) >= 11 is 1.28. The maximum absolute atomic E-state index is 10.8. The number of aromatic nitrogens is 1. The molecule has 1 aromatic heterocycles. The fourth-order valence-corrected chi connectivity index (χ4v) is 2.94. The van der Waals surface area contributed by atoms with Crippen LogP contribution in [0.2, 0.25) is 0 Å². The lowest BCUT2D eigenvalue weighted by atomic mass is 10.2. The average Bonchev–Trinajstić information content (AvgIpc) is 2.83. The molecule has 0 aliphatic heterocycles. The molecule has 1 saturated carbocycles. The van der Waals surface area contributed by atoms with Gasteiger partial charge in [0.15, 0.2) is 0 Å². The van der Waals surface area contributed by atoms with Gasteiger partial charge >= 0.3 is 5.97 Å². The molecular formula is C11H16N2O2S. The third-order valence-electron chi connectivity index (χ3n) is 2.93. The van der Waals surface area contributed by atoms with Gasteiger partial charge in [-0.1, -0.05) is 12.8 Å². The Morgan fingerprint density at radius 3 is 2.81 bits per heavy atom. The Balaban J connectivity index is 1.94. The zero-order valence-electron chi connectivity index (χ0n) is 9.32. The number of rotatable bonds is 4. The highest BCUT2D eigenvalue weighted by molar-refractivity contribution is 7.13. The van der Waals surface area contributed by atoms with Gasteiger partial charge in [0.1, 0.15) is 9.88 Å². The number of aromatic carboxylic acids is 1. The Morgan fingerprint density at radius 1 is 1.56 bits per heavy atom. The number of carbonyl (C=O) groups is 1. The summed E-state index contributed by atoms with van der Waals surface area (Å²) in [6.45, 7) is 2.45. The summed E-state index contributed by atoms with van der Waals surface area (Å²) in [4.78, 5) is 15.5. The van der Waals surface area contributed by atoms with Crippen molar-refractivity contribution in [2.45, 2.75) is 45.2 Å². The molecule has 0 bridgehead atoms. The molecule has 88 valence electrons. The van der Waals surface area contributed by atoms with Crippen LogP contribution in [0, 0.1) is 6.92 Å². The highest BCUT2D eigenvalue weighted by Crippen LogP contribution is 2.20. The lowest BCUT2D eigenvalue weighted by Crippen LogP contribution is -2.25. The van der Waals surface area contributed by atoms with E-state index in [1.165, 1.54) is 37.0 Å². The molecule has 0 amide bonds. The van der Waals surface area contributed by atoms with Crippen LogP contribution in [-0.4, -0.2) is 22.1 Å². The lowest BCUT2D eigenvalue weighted by Gasteiger charge is -2.09. The third kappa shape index (κ3) is 2.59. The largest absolute Gasteiger partial charge is 0.477 e. The Morgan fingerprint density at radius 2 is 2.25 bits per heavy atom. The molecule has 2 rings (SSSR count). The van der Waals surface area contributed by atoms with Crippen LogP contribution in [0.4, 0.5) is 0 Å². The van der Waals surface area contributed by atoms with Crippen LogP contribution in [-0.2, 0) is 6.54 Å². The number of thiazole rings is 1. The topological polar surface area (TPSA) is 62.2 Å². The summed E-state index contributed by atoms with van der Waals surface area (Å²) in [7, 11) is 0. The van der Waals surface area contributed by atoms with Crippen LogP contribution in [0.15, 0.2) is 0 Å². The number of hydrogen-bond donors (Lipinski definition) is 2. The van der Waals surface area contributed by atoms with Crippen LogP contribution >= 0.6 is 11.3 Å². The van der Waals surface area contributed by atoms with Crippen molar-refractivity contribution in [1.29, 1.82) is 0 Å². The predicted octanol–water partition coefficient (Wildman–Crippen LogP) is 2.18. The zero-order valence-corrected chi connectivity index (χ0v) is 10.1. The average molecular weight is 240 g/mol. The van der Waals surface area contributed by atoms with E-state index >= 15 is 0 Å². The van der Waals surface area contributed by atoms with E-state index in [-0.39, 0.29) is 0 Å². The van der Waals surface area contributed by atoms with Crippen molar-refractivity contribution in [3.8, 4) is 0 Å². The Bertz CT molecular complexity index is 383. The van der Waals surface area contributed by atoms with Crippen LogP contribution < -0.4 is 5.32 Å². The minimum Gasteiger partial charge on any atom is -0.477 e. The molecule has 1 aromatic rings. The Hall–Kier alpha value is -0.940. The molecule has 0 atom stereocenters. The number of carboxylic acids is 1. The molecular weight excluding hydrogens is 224 g/mol. The van der Waals surface area contributed by atoms with E-state index in [1.807, 2.05) is 0 Å². The maximum atomic E-state index is 10.8. The van der Waals surface area contributed by atoms with Gasteiger partial charge in [0.2, 0.25) is 0 Å². The molecule has 1 aliphatic rings. The van der Waals surface area contributed by atoms with Gasteiger partial charge in [0, 0.05) is 12.6 Å². The predicted molar refractivity (Wildman–Crippen MR) is 62.9 cm³/mol. The van der Waals surface area contributed by atoms with Gasteiger partial charge in [0.25, 0.3) is 0 Å². The smallest absolute Gasteiger partial charge is 0.347 e. The molecule has 5 heteroatoms. The van der Waals surface area contributed by atoms with E-state index in [0.717, 1.165) is 5.01 Å². The van der Waals surface area contributed by atoms with Gasteiger partial charge < -0.3 is 10.4 Å². The SMILES string of the molecule is Cc1nc(CNC2CCCC2)sc1C(=O)O. The fourth-order valence-electron chi connectivity index (χ4n) is 2.09. The molecule has 1 aliphatic carbocycles. The normalized spacial score (nSPS) is 16.8. The second-order valence-corrected chi connectivity index (χ2v) is 5.27. The zero-order chi connectivity index (χ0) is 11.5. The molecule has 1 fully saturated rings. The van der Waals surface area contributed by atoms with Gasteiger partial charge in [-0.15, -0.1) is 11.3 Å². The van der Waals surface area contributed by atoms with Crippen molar-refractivity contribution in [1.82, 2.24) is 10.3 Å². The summed E-state index contributed by atoms with van der Waals surface area (Å²) in [5, 5.41) is 13.2. The van der Waals surface area contributed by atoms with Gasteiger partial charge in [0.05, 0.1) is 5.69 Å². The van der Waals surface area contributed by atoms with Gasteiger partial charge in [-0.2, -0.15) is 0 Å². The molecule has 0 aromatic carbocycles. The van der Waals surface area contributed by atoms with E-state index < -0.39 is 5.97 Å². The van der Waals surface area contributed by atoms with E-state index in [9.17, 15) is 4.79 Å². The quantitative estimate of drug-likeness (QED) is 0.846. The minimum atomic E-state index is -0.873. The standard InChI is InChI=1S/C11H16N2O2S/c1-7-10(11(14)15)16-9(13-7)6-12-8-4-2-3-5-8/h8,12H,2-6H2,1H3,(H,14,15). The number of nitrogens with one attached hydrogen (secondary N) is 1. The molecule has 0 unspecified atom stereocenters. The molecule has 16 heavy (non-hydrogen) atoms. The summed E-state index contributed by atoms with van der Waals surface area (Å²) in [6, 6.07) is 0.595. The van der Waals surface area contributed by atoms with Crippen molar-refractivity contribution in [2.75, 3.05) is 0 Å². The first-order chi connectivity index (χ1) is 7.66. The first-order valence-corrected chi connectivity index (χ1v) is 6.41. The molecule has 0 spiro atoms. The number of nitrogens with zero attached hydrogens (tertiary/aromatic N) is 1. The Kier molecular flexibility index (Phi) is 3.56. The van der Waals surface area contributed by atoms with Crippen molar-refractivity contribution >= 4 is 17.3 Å². The summed E-state index contributed by atoms with van der Waals surface area (Å²) in [5.74, 6) is -0.873. The summed E-state index contributed by atoms with van der Waals surface area (Å²) in [6.07, 6.45) is 5.07. The summed E-state index contributed by atoms with van der Waals surface area (Å²) < 4.78 is 0. The van der Waals surface area contributed by atoms with Crippen LogP contribution in [0.5, 0.6) is 0 Å². The van der Waals surface area contributed by atoms with Gasteiger partial charge in [-0.3, -0.25) is 0 Å². The van der Waals surface area contributed by atoms with E-state index in [4.69, 9.17) is 5.11 Å². The molecule has 0 radical (unpaired) electrons. The lowest BCUT2D eigenvalue weighted by molar-refractivity contribution is 0.0701. The van der Waals surface area contributed by atoms with Crippen LogP contribution in [0.3, 0.4) is 0 Å². The van der Waals surface area contributed by atoms with Crippen LogP contribution in [0.1, 0.15) is 46.1 Å². The summed E-state index contributed by atoms with van der Waals surface area (Å²) in [5.41, 5.74) is 0.626. The van der Waals surface area contributed by atoms with E-state index in [2.05, 4.69) is 10.3 Å². The number of aryl methyl sites for hydroxylation is 1. The Labute approximate surface area is 98.7 Å². The van der Waals surface area contributed by atoms with E-state index in [0.29, 0.717) is 23.2 Å². The van der Waals surface area contributed by atoms with Crippen molar-refractivity contribution < 1.29 is 9.90 Å². The van der Waals surface area contributed by atoms with Crippen LogP contribution in [0.25, 0.3) is 0 Å². The van der Waals surface area contributed by atoms with E-state index in [1.54, 1.807) is 6.92 Å². The highest BCUT2D eigenvalue weighted by Gasteiger charge is 2.17. The highest BCUT2D eigenvalue weighted by atomic mass is 32.1. The molecule has 0 saturated heterocycles. The second-order valence-electron chi connectivity index (χ2n) is 4.19. The maximum Gasteiger partial charge on any atom is 0.347 e.